The molecule has 4 heteroatoms. The topological polar surface area (TPSA) is 38.3 Å². The van der Waals surface area contributed by atoms with E-state index in [9.17, 15) is 9.18 Å². The number of carbonyl (C=O) groups is 1. The van der Waals surface area contributed by atoms with Gasteiger partial charge in [0.25, 0.3) is 0 Å². The molecule has 0 spiro atoms. The van der Waals surface area contributed by atoms with Crippen molar-refractivity contribution >= 4 is 5.97 Å². The summed E-state index contributed by atoms with van der Waals surface area (Å²) in [5.41, 5.74) is 2.08. The highest BCUT2D eigenvalue weighted by Crippen LogP contribution is 2.19. The number of ether oxygens (including phenoxy) is 1. The van der Waals surface area contributed by atoms with E-state index in [1.807, 2.05) is 0 Å². The third kappa shape index (κ3) is 2.39. The summed E-state index contributed by atoms with van der Waals surface area (Å²) in [7, 11) is 1.38. The Labute approximate surface area is 93.6 Å². The summed E-state index contributed by atoms with van der Waals surface area (Å²) in [6, 6.07) is 4.87. The van der Waals surface area contributed by atoms with Crippen LogP contribution >= 0.6 is 0 Å². The maximum absolute atomic E-state index is 13.0. The highest BCUT2D eigenvalue weighted by molar-refractivity contribution is 5.70. The molecule has 86 valence electrons. The smallest absolute Gasteiger partial charge is 0.307 e. The number of benzene rings is 1. The van der Waals surface area contributed by atoms with E-state index >= 15 is 0 Å². The lowest BCUT2D eigenvalue weighted by Crippen LogP contribution is -2.37. The fraction of sp³-hybridized carbons (Fsp3) is 0.417. The molecule has 0 radical (unpaired) electrons. The predicted molar refractivity (Wildman–Crippen MR) is 57.4 cm³/mol. The zero-order valence-electron chi connectivity index (χ0n) is 9.13. The van der Waals surface area contributed by atoms with Crippen LogP contribution in [0.3, 0.4) is 0 Å². The molecule has 1 N–H and O–H groups in total. The van der Waals surface area contributed by atoms with E-state index in [2.05, 4.69) is 10.1 Å². The molecule has 1 atom stereocenters. The van der Waals surface area contributed by atoms with Crippen LogP contribution in [-0.2, 0) is 22.5 Å². The minimum absolute atomic E-state index is 0.0883. The van der Waals surface area contributed by atoms with E-state index < -0.39 is 0 Å². The Bertz CT molecular complexity index is 406. The molecular weight excluding hydrogens is 209 g/mol. The number of fused-ring (bicyclic) bond motifs is 1. The average Bonchev–Trinajstić information content (AvgIpc) is 2.29. The Kier molecular flexibility index (Phi) is 3.19. The van der Waals surface area contributed by atoms with Crippen LogP contribution in [0.5, 0.6) is 0 Å². The van der Waals surface area contributed by atoms with E-state index in [4.69, 9.17) is 0 Å². The van der Waals surface area contributed by atoms with Crippen LogP contribution in [0, 0.1) is 5.82 Å². The van der Waals surface area contributed by atoms with Crippen LogP contribution in [0.15, 0.2) is 18.2 Å². The first-order valence-corrected chi connectivity index (χ1v) is 5.26. The number of methoxy groups -OCH3 is 1. The highest BCUT2D eigenvalue weighted by Gasteiger charge is 2.20. The SMILES string of the molecule is COC(=O)CC1Cc2ccc(F)cc2CN1. The van der Waals surface area contributed by atoms with Crippen LogP contribution in [0.25, 0.3) is 0 Å². The molecule has 0 amide bonds. The van der Waals surface area contributed by atoms with Crippen molar-refractivity contribution in [2.45, 2.75) is 25.4 Å². The van der Waals surface area contributed by atoms with Gasteiger partial charge in [0.1, 0.15) is 5.82 Å². The summed E-state index contributed by atoms with van der Waals surface area (Å²) < 4.78 is 17.6. The molecule has 1 heterocycles. The molecule has 0 aliphatic carbocycles. The molecular formula is C12H14FNO2. The Balaban J connectivity index is 2.06. The largest absolute Gasteiger partial charge is 0.469 e. The first-order chi connectivity index (χ1) is 7.69. The van der Waals surface area contributed by atoms with Gasteiger partial charge in [-0.2, -0.15) is 0 Å². The molecule has 1 aromatic carbocycles. The van der Waals surface area contributed by atoms with E-state index in [1.54, 1.807) is 6.07 Å². The molecule has 1 aliphatic rings. The number of hydrogen-bond acceptors (Lipinski definition) is 3. The summed E-state index contributed by atoms with van der Waals surface area (Å²) in [6.45, 7) is 0.606. The molecule has 1 aromatic rings. The van der Waals surface area contributed by atoms with Gasteiger partial charge in [-0.25, -0.2) is 4.39 Å². The number of carbonyl (C=O) groups excluding carboxylic acids is 1. The fourth-order valence-electron chi connectivity index (χ4n) is 1.98. The molecule has 3 nitrogen and oxygen atoms in total. The normalized spacial score (nSPS) is 19.0. The third-order valence-corrected chi connectivity index (χ3v) is 2.86. The van der Waals surface area contributed by atoms with Crippen molar-refractivity contribution in [2.24, 2.45) is 0 Å². The average molecular weight is 223 g/mol. The summed E-state index contributed by atoms with van der Waals surface area (Å²) in [5.74, 6) is -0.435. The van der Waals surface area contributed by atoms with Gasteiger partial charge in [0.2, 0.25) is 0 Å². The first kappa shape index (κ1) is 11.1. The van der Waals surface area contributed by atoms with E-state index in [1.165, 1.54) is 19.2 Å². The highest BCUT2D eigenvalue weighted by atomic mass is 19.1. The van der Waals surface area contributed by atoms with Gasteiger partial charge in [-0.15, -0.1) is 0 Å². The molecule has 1 aliphatic heterocycles. The van der Waals surface area contributed by atoms with Crippen molar-refractivity contribution in [3.8, 4) is 0 Å². The van der Waals surface area contributed by atoms with Crippen molar-refractivity contribution in [1.29, 1.82) is 0 Å². The van der Waals surface area contributed by atoms with Gasteiger partial charge in [0, 0.05) is 12.6 Å². The maximum atomic E-state index is 13.0. The molecule has 16 heavy (non-hydrogen) atoms. The summed E-state index contributed by atoms with van der Waals surface area (Å²) in [4.78, 5) is 11.1. The second-order valence-corrected chi connectivity index (χ2v) is 3.98. The van der Waals surface area contributed by atoms with E-state index in [0.717, 1.165) is 17.5 Å². The third-order valence-electron chi connectivity index (χ3n) is 2.86. The van der Waals surface area contributed by atoms with Gasteiger partial charge in [-0.1, -0.05) is 6.07 Å². The zero-order valence-corrected chi connectivity index (χ0v) is 9.13. The number of rotatable bonds is 2. The summed E-state index contributed by atoms with van der Waals surface area (Å²) in [5, 5.41) is 3.20. The Hall–Kier alpha value is -1.42. The van der Waals surface area contributed by atoms with Crippen molar-refractivity contribution in [3.05, 3.63) is 35.1 Å². The minimum Gasteiger partial charge on any atom is -0.469 e. The van der Waals surface area contributed by atoms with E-state index in [-0.39, 0.29) is 17.8 Å². The van der Waals surface area contributed by atoms with Gasteiger partial charge >= 0.3 is 5.97 Å². The van der Waals surface area contributed by atoms with Crippen LogP contribution in [-0.4, -0.2) is 19.1 Å². The summed E-state index contributed by atoms with van der Waals surface area (Å²) >= 11 is 0. The molecule has 2 rings (SSSR count). The Morgan fingerprint density at radius 2 is 2.38 bits per heavy atom. The maximum Gasteiger partial charge on any atom is 0.307 e. The molecule has 0 bridgehead atoms. The van der Waals surface area contributed by atoms with Gasteiger partial charge in [0.15, 0.2) is 0 Å². The predicted octanol–water partition coefficient (Wildman–Crippen LogP) is 1.40. The number of esters is 1. The molecule has 1 unspecified atom stereocenters. The molecule has 0 fully saturated rings. The first-order valence-electron chi connectivity index (χ1n) is 5.26. The second-order valence-electron chi connectivity index (χ2n) is 3.98. The monoisotopic (exact) mass is 223 g/mol. The van der Waals surface area contributed by atoms with Crippen molar-refractivity contribution in [3.63, 3.8) is 0 Å². The van der Waals surface area contributed by atoms with Gasteiger partial charge in [-0.05, 0) is 29.7 Å². The number of nitrogens with one attached hydrogen (secondary N) is 1. The van der Waals surface area contributed by atoms with Crippen LogP contribution < -0.4 is 5.32 Å². The Morgan fingerprint density at radius 3 is 3.12 bits per heavy atom. The lowest BCUT2D eigenvalue weighted by atomic mass is 9.94. The fourth-order valence-corrected chi connectivity index (χ4v) is 1.98. The van der Waals surface area contributed by atoms with Crippen LogP contribution in [0.2, 0.25) is 0 Å². The number of halogens is 1. The summed E-state index contributed by atoms with van der Waals surface area (Å²) in [6.07, 6.45) is 1.10. The molecule has 0 aromatic heterocycles. The lowest BCUT2D eigenvalue weighted by molar-refractivity contribution is -0.141. The van der Waals surface area contributed by atoms with Crippen LogP contribution in [0.4, 0.5) is 4.39 Å². The minimum atomic E-state index is -0.219. The number of hydrogen-bond donors (Lipinski definition) is 1. The van der Waals surface area contributed by atoms with Gasteiger partial charge in [-0.3, -0.25) is 4.79 Å². The molecule has 0 saturated carbocycles. The van der Waals surface area contributed by atoms with E-state index in [0.29, 0.717) is 13.0 Å². The Morgan fingerprint density at radius 1 is 1.56 bits per heavy atom. The van der Waals surface area contributed by atoms with Gasteiger partial charge < -0.3 is 10.1 Å². The van der Waals surface area contributed by atoms with Gasteiger partial charge in [0.05, 0.1) is 13.5 Å². The standard InChI is InChI=1S/C12H14FNO2/c1-16-12(15)6-11-5-8-2-3-10(13)4-9(8)7-14-11/h2-4,11,14H,5-7H2,1H3. The second kappa shape index (κ2) is 4.61. The molecule has 0 saturated heterocycles. The van der Waals surface area contributed by atoms with Crippen LogP contribution in [0.1, 0.15) is 17.5 Å². The zero-order chi connectivity index (χ0) is 11.5. The van der Waals surface area contributed by atoms with Crippen molar-refractivity contribution in [1.82, 2.24) is 5.32 Å². The lowest BCUT2D eigenvalue weighted by Gasteiger charge is -2.25. The van der Waals surface area contributed by atoms with Crippen molar-refractivity contribution < 1.29 is 13.9 Å². The quantitative estimate of drug-likeness (QED) is 0.770. The van der Waals surface area contributed by atoms with Crippen molar-refractivity contribution in [2.75, 3.05) is 7.11 Å².